The molecule has 1 aliphatic rings. The summed E-state index contributed by atoms with van der Waals surface area (Å²) in [4.78, 5) is 16.5. The lowest BCUT2D eigenvalue weighted by Gasteiger charge is -2.34. The van der Waals surface area contributed by atoms with Crippen LogP contribution in [-0.2, 0) is 24.8 Å². The van der Waals surface area contributed by atoms with Crippen molar-refractivity contribution in [2.45, 2.75) is 9.79 Å². The number of halogens is 3. The first-order valence-corrected chi connectivity index (χ1v) is 12.1. The Labute approximate surface area is 183 Å². The molecule has 0 aliphatic carbocycles. The number of carbonyl (C=O) groups is 1. The minimum Gasteiger partial charge on any atom is -0.339 e. The predicted octanol–water partition coefficient (Wildman–Crippen LogP) is 0.652. The van der Waals surface area contributed by atoms with Crippen LogP contribution in [-0.4, -0.2) is 81.0 Å². The van der Waals surface area contributed by atoms with Crippen LogP contribution in [0.4, 0.5) is 13.2 Å². The summed E-state index contributed by atoms with van der Waals surface area (Å²) in [5, 5.41) is 0. The van der Waals surface area contributed by atoms with Crippen molar-refractivity contribution in [1.82, 2.24) is 18.5 Å². The molecule has 0 atom stereocenters. The van der Waals surface area contributed by atoms with Gasteiger partial charge in [-0.05, 0) is 24.3 Å². The van der Waals surface area contributed by atoms with Crippen molar-refractivity contribution in [2.75, 3.05) is 39.8 Å². The summed E-state index contributed by atoms with van der Waals surface area (Å²) in [6.07, 6.45) is 2.56. The van der Waals surface area contributed by atoms with Gasteiger partial charge in [-0.2, -0.15) is 8.61 Å². The summed E-state index contributed by atoms with van der Waals surface area (Å²) in [5.74, 6) is -5.78. The number of nitrogens with zero attached hydrogens (tertiary/aromatic N) is 4. The number of hydrogen-bond donors (Lipinski definition) is 0. The van der Waals surface area contributed by atoms with Gasteiger partial charge in [0.25, 0.3) is 0 Å². The SMILES string of the molecule is CN(CC(=O)N1CCN(S(=O)(=O)c2ccc(F)c(F)c2F)CC1)S(=O)(=O)c1cccnc1. The van der Waals surface area contributed by atoms with Gasteiger partial charge in [0.2, 0.25) is 26.0 Å². The van der Waals surface area contributed by atoms with Crippen molar-refractivity contribution in [2.24, 2.45) is 0 Å². The van der Waals surface area contributed by atoms with Crippen molar-refractivity contribution in [3.63, 3.8) is 0 Å². The number of pyridine rings is 1. The summed E-state index contributed by atoms with van der Waals surface area (Å²) in [6.45, 7) is -1.13. The van der Waals surface area contributed by atoms with Gasteiger partial charge in [-0.25, -0.2) is 30.0 Å². The molecule has 32 heavy (non-hydrogen) atoms. The second-order valence-corrected chi connectivity index (χ2v) is 10.9. The van der Waals surface area contributed by atoms with Crippen LogP contribution in [0.25, 0.3) is 0 Å². The van der Waals surface area contributed by atoms with Crippen LogP contribution in [0.5, 0.6) is 0 Å². The molecule has 2 aromatic rings. The Bertz CT molecular complexity index is 1220. The Hall–Kier alpha value is -2.55. The summed E-state index contributed by atoms with van der Waals surface area (Å²) in [6, 6.07) is 3.94. The van der Waals surface area contributed by atoms with Crippen molar-refractivity contribution in [3.8, 4) is 0 Å². The lowest BCUT2D eigenvalue weighted by molar-refractivity contribution is -0.132. The van der Waals surface area contributed by atoms with Gasteiger partial charge in [-0.15, -0.1) is 0 Å². The van der Waals surface area contributed by atoms with Crippen LogP contribution < -0.4 is 0 Å². The van der Waals surface area contributed by atoms with Crippen LogP contribution in [0, 0.1) is 17.5 Å². The van der Waals surface area contributed by atoms with Crippen LogP contribution >= 0.6 is 0 Å². The Morgan fingerprint density at radius 3 is 2.28 bits per heavy atom. The van der Waals surface area contributed by atoms with E-state index in [1.807, 2.05) is 0 Å². The Kier molecular flexibility index (Phi) is 6.88. The number of sulfonamides is 2. The second-order valence-electron chi connectivity index (χ2n) is 6.91. The molecule has 0 bridgehead atoms. The third kappa shape index (κ3) is 4.62. The van der Waals surface area contributed by atoms with Gasteiger partial charge >= 0.3 is 0 Å². The number of aromatic nitrogens is 1. The van der Waals surface area contributed by atoms with Gasteiger partial charge in [-0.3, -0.25) is 9.78 Å². The zero-order valence-electron chi connectivity index (χ0n) is 16.8. The maximum atomic E-state index is 14.0. The molecule has 1 aromatic carbocycles. The molecule has 0 spiro atoms. The molecule has 1 saturated heterocycles. The number of carbonyl (C=O) groups excluding carboxylic acids is 1. The zero-order chi connectivity index (χ0) is 23.7. The first-order valence-electron chi connectivity index (χ1n) is 9.24. The van der Waals surface area contributed by atoms with E-state index in [2.05, 4.69) is 4.98 Å². The van der Waals surface area contributed by atoms with E-state index in [0.29, 0.717) is 12.1 Å². The highest BCUT2D eigenvalue weighted by molar-refractivity contribution is 7.89. The van der Waals surface area contributed by atoms with Crippen LogP contribution in [0.15, 0.2) is 46.5 Å². The molecule has 174 valence electrons. The minimum absolute atomic E-state index is 0.0835. The van der Waals surface area contributed by atoms with E-state index in [4.69, 9.17) is 0 Å². The number of benzene rings is 1. The van der Waals surface area contributed by atoms with E-state index in [0.717, 1.165) is 14.8 Å². The van der Waals surface area contributed by atoms with E-state index in [-0.39, 0.29) is 31.1 Å². The van der Waals surface area contributed by atoms with Crippen molar-refractivity contribution >= 4 is 26.0 Å². The van der Waals surface area contributed by atoms with Gasteiger partial charge in [0.05, 0.1) is 6.54 Å². The standard InChI is InChI=1S/C18H19F3N4O5S2/c1-23(31(27,28)13-3-2-6-22-11-13)12-16(26)24-7-9-25(10-8-24)32(29,30)15-5-4-14(19)17(20)18(15)21/h2-6,11H,7-10,12H2,1H3. The highest BCUT2D eigenvalue weighted by Crippen LogP contribution is 2.24. The molecule has 1 amide bonds. The van der Waals surface area contributed by atoms with E-state index < -0.39 is 54.8 Å². The normalized spacial score (nSPS) is 15.8. The molecule has 1 aromatic heterocycles. The molecular formula is C18H19F3N4O5S2. The maximum absolute atomic E-state index is 14.0. The van der Waals surface area contributed by atoms with Crippen LogP contribution in [0.3, 0.4) is 0 Å². The Balaban J connectivity index is 1.65. The van der Waals surface area contributed by atoms with Gasteiger partial charge in [0.15, 0.2) is 17.5 Å². The predicted molar refractivity (Wildman–Crippen MR) is 106 cm³/mol. The zero-order valence-corrected chi connectivity index (χ0v) is 18.4. The molecule has 1 aliphatic heterocycles. The van der Waals surface area contributed by atoms with Crippen molar-refractivity contribution < 1.29 is 34.8 Å². The van der Waals surface area contributed by atoms with E-state index in [1.165, 1.54) is 30.3 Å². The number of hydrogen-bond acceptors (Lipinski definition) is 6. The fourth-order valence-corrected chi connectivity index (χ4v) is 5.64. The monoisotopic (exact) mass is 492 g/mol. The molecule has 0 N–H and O–H groups in total. The van der Waals surface area contributed by atoms with Crippen molar-refractivity contribution in [3.05, 3.63) is 54.1 Å². The first kappa shape index (κ1) is 24.1. The molecular weight excluding hydrogens is 473 g/mol. The summed E-state index contributed by atoms with van der Waals surface area (Å²) >= 11 is 0. The van der Waals surface area contributed by atoms with E-state index >= 15 is 0 Å². The van der Waals surface area contributed by atoms with E-state index in [9.17, 15) is 34.8 Å². The number of piperazine rings is 1. The average Bonchev–Trinajstić information content (AvgIpc) is 2.78. The second kappa shape index (κ2) is 9.13. The average molecular weight is 493 g/mol. The van der Waals surface area contributed by atoms with Gasteiger partial charge in [0, 0.05) is 45.6 Å². The lowest BCUT2D eigenvalue weighted by atomic mass is 10.3. The Morgan fingerprint density at radius 1 is 1.03 bits per heavy atom. The summed E-state index contributed by atoms with van der Waals surface area (Å²) in [5.41, 5.74) is 0. The molecule has 1 fully saturated rings. The fourth-order valence-electron chi connectivity index (χ4n) is 3.08. The molecule has 0 saturated carbocycles. The summed E-state index contributed by atoms with van der Waals surface area (Å²) < 4.78 is 92.5. The number of amides is 1. The topological polar surface area (TPSA) is 108 Å². The minimum atomic E-state index is -4.46. The van der Waals surface area contributed by atoms with E-state index in [1.54, 1.807) is 0 Å². The largest absolute Gasteiger partial charge is 0.339 e. The van der Waals surface area contributed by atoms with Gasteiger partial charge < -0.3 is 4.90 Å². The smallest absolute Gasteiger partial charge is 0.246 e. The van der Waals surface area contributed by atoms with Crippen LogP contribution in [0.1, 0.15) is 0 Å². The molecule has 14 heteroatoms. The lowest BCUT2D eigenvalue weighted by Crippen LogP contribution is -2.52. The highest BCUT2D eigenvalue weighted by atomic mass is 32.2. The third-order valence-corrected chi connectivity index (χ3v) is 8.61. The summed E-state index contributed by atoms with van der Waals surface area (Å²) in [7, 11) is -7.18. The van der Waals surface area contributed by atoms with Crippen molar-refractivity contribution in [1.29, 1.82) is 0 Å². The molecule has 0 unspecified atom stereocenters. The quantitative estimate of drug-likeness (QED) is 0.548. The maximum Gasteiger partial charge on any atom is 0.246 e. The van der Waals surface area contributed by atoms with Crippen LogP contribution in [0.2, 0.25) is 0 Å². The number of rotatable bonds is 6. The molecule has 3 rings (SSSR count). The Morgan fingerprint density at radius 2 is 1.69 bits per heavy atom. The van der Waals surface area contributed by atoms with Gasteiger partial charge in [0.1, 0.15) is 9.79 Å². The molecule has 2 heterocycles. The molecule has 9 nitrogen and oxygen atoms in total. The fraction of sp³-hybridized carbons (Fsp3) is 0.333. The highest BCUT2D eigenvalue weighted by Gasteiger charge is 2.34. The third-order valence-electron chi connectivity index (χ3n) is 4.91. The number of likely N-dealkylation sites (N-methyl/N-ethyl adjacent to an activating group) is 1. The first-order chi connectivity index (χ1) is 15.0. The molecule has 0 radical (unpaired) electrons. The van der Waals surface area contributed by atoms with Gasteiger partial charge in [-0.1, -0.05) is 0 Å².